The second kappa shape index (κ2) is 7.55. The van der Waals surface area contributed by atoms with E-state index >= 15 is 0 Å². The summed E-state index contributed by atoms with van der Waals surface area (Å²) < 4.78 is 15.1. The van der Waals surface area contributed by atoms with E-state index in [2.05, 4.69) is 9.98 Å². The molecule has 0 bridgehead atoms. The van der Waals surface area contributed by atoms with Crippen LogP contribution in [0.4, 0.5) is 15.8 Å². The van der Waals surface area contributed by atoms with Gasteiger partial charge in [0.05, 0.1) is 11.4 Å². The fourth-order valence-corrected chi connectivity index (χ4v) is 2.78. The van der Waals surface area contributed by atoms with Crippen molar-refractivity contribution in [2.24, 2.45) is 4.99 Å². The zero-order valence-corrected chi connectivity index (χ0v) is 15.5. The van der Waals surface area contributed by atoms with E-state index in [9.17, 15) is 14.3 Å². The molecule has 27 heavy (non-hydrogen) atoms. The minimum absolute atomic E-state index is 0.0282. The molecule has 138 valence electrons. The van der Waals surface area contributed by atoms with Crippen LogP contribution in [0, 0.1) is 10.6 Å². The molecule has 3 aromatic rings. The maximum absolute atomic E-state index is 14.1. The minimum Gasteiger partial charge on any atom is -0.494 e. The Hall–Kier alpha value is -3.26. The van der Waals surface area contributed by atoms with Crippen LogP contribution in [-0.2, 0) is 0 Å². The summed E-state index contributed by atoms with van der Waals surface area (Å²) in [5, 5.41) is 10.6. The number of nitrogens with one attached hydrogen (secondary N) is 1. The molecule has 0 aliphatic carbocycles. The first-order valence-corrected chi connectivity index (χ1v) is 8.44. The zero-order chi connectivity index (χ0) is 19.6. The first kappa shape index (κ1) is 18.5. The van der Waals surface area contributed by atoms with Crippen molar-refractivity contribution in [3.8, 4) is 11.6 Å². The van der Waals surface area contributed by atoms with Crippen LogP contribution in [-0.4, -0.2) is 35.0 Å². The number of rotatable bonds is 4. The fourth-order valence-electron chi connectivity index (χ4n) is 2.50. The van der Waals surface area contributed by atoms with E-state index in [-0.39, 0.29) is 16.0 Å². The number of H-pyrrole nitrogens is 1. The number of aromatic amines is 1. The molecule has 3 rings (SSSR count). The summed E-state index contributed by atoms with van der Waals surface area (Å²) in [5.74, 6) is -1.07. The highest BCUT2D eigenvalue weighted by atomic mass is 32.1. The largest absolute Gasteiger partial charge is 0.494 e. The van der Waals surface area contributed by atoms with Gasteiger partial charge in [-0.2, -0.15) is 0 Å². The number of benzene rings is 2. The SMILES string of the molecule is CN(C)c1cccc(N=Cc2c(O)n(-c3ccccc3F)c(=S)[nH]c2=O)c1. The standard InChI is InChI=1S/C19H17FN4O2S/c1-23(2)13-7-5-6-12(10-13)21-11-14-17(25)22-19(27)24(18(14)26)16-9-4-3-8-15(16)20/h3-11,26H,1-2H3,(H,22,25,27). The van der Waals surface area contributed by atoms with Crippen molar-refractivity contribution in [2.75, 3.05) is 19.0 Å². The van der Waals surface area contributed by atoms with Crippen LogP contribution in [0.1, 0.15) is 5.56 Å². The van der Waals surface area contributed by atoms with Gasteiger partial charge < -0.3 is 10.0 Å². The minimum atomic E-state index is -0.613. The molecule has 1 aromatic heterocycles. The molecule has 0 atom stereocenters. The van der Waals surface area contributed by atoms with Crippen LogP contribution in [0.25, 0.3) is 5.69 Å². The molecule has 0 saturated carbocycles. The third-order valence-electron chi connectivity index (χ3n) is 3.90. The Balaban J connectivity index is 2.11. The third-order valence-corrected chi connectivity index (χ3v) is 4.19. The van der Waals surface area contributed by atoms with Crippen molar-refractivity contribution in [2.45, 2.75) is 0 Å². The van der Waals surface area contributed by atoms with Crippen molar-refractivity contribution >= 4 is 29.8 Å². The van der Waals surface area contributed by atoms with E-state index < -0.39 is 17.3 Å². The van der Waals surface area contributed by atoms with E-state index in [1.807, 2.05) is 37.2 Å². The molecule has 1 heterocycles. The van der Waals surface area contributed by atoms with Gasteiger partial charge in [-0.3, -0.25) is 19.3 Å². The maximum atomic E-state index is 14.1. The normalized spacial score (nSPS) is 11.1. The Morgan fingerprint density at radius 3 is 2.67 bits per heavy atom. The van der Waals surface area contributed by atoms with Crippen LogP contribution in [0.15, 0.2) is 58.3 Å². The number of hydrogen-bond donors (Lipinski definition) is 2. The number of aromatic hydroxyl groups is 1. The zero-order valence-electron chi connectivity index (χ0n) is 14.7. The maximum Gasteiger partial charge on any atom is 0.264 e. The van der Waals surface area contributed by atoms with Crippen molar-refractivity contribution in [3.05, 3.63) is 75.0 Å². The molecule has 0 amide bonds. The lowest BCUT2D eigenvalue weighted by molar-refractivity contribution is 0.429. The summed E-state index contributed by atoms with van der Waals surface area (Å²) in [6, 6.07) is 13.2. The Bertz CT molecular complexity index is 1140. The average Bonchev–Trinajstić information content (AvgIpc) is 2.63. The van der Waals surface area contributed by atoms with E-state index in [4.69, 9.17) is 12.2 Å². The highest BCUT2D eigenvalue weighted by Crippen LogP contribution is 2.23. The summed E-state index contributed by atoms with van der Waals surface area (Å²) in [7, 11) is 3.80. The van der Waals surface area contributed by atoms with E-state index in [0.29, 0.717) is 5.69 Å². The molecule has 0 fully saturated rings. The second-order valence-corrected chi connectivity index (χ2v) is 6.34. The Kier molecular flexibility index (Phi) is 5.18. The van der Waals surface area contributed by atoms with Crippen molar-refractivity contribution < 1.29 is 9.50 Å². The van der Waals surface area contributed by atoms with Gasteiger partial charge in [0.2, 0.25) is 5.88 Å². The van der Waals surface area contributed by atoms with Gasteiger partial charge in [-0.25, -0.2) is 4.39 Å². The van der Waals surface area contributed by atoms with Crippen LogP contribution in [0.2, 0.25) is 0 Å². The van der Waals surface area contributed by atoms with Gasteiger partial charge in [-0.15, -0.1) is 0 Å². The molecule has 6 nitrogen and oxygen atoms in total. The number of halogens is 1. The predicted molar refractivity (Wildman–Crippen MR) is 107 cm³/mol. The monoisotopic (exact) mass is 384 g/mol. The van der Waals surface area contributed by atoms with Gasteiger partial charge in [-0.1, -0.05) is 18.2 Å². The molecule has 0 saturated heterocycles. The topological polar surface area (TPSA) is 73.6 Å². The Labute approximate surface area is 159 Å². The quantitative estimate of drug-likeness (QED) is 0.533. The summed E-state index contributed by atoms with van der Waals surface area (Å²) in [6.07, 6.45) is 1.23. The van der Waals surface area contributed by atoms with Gasteiger partial charge in [-0.05, 0) is 42.5 Å². The van der Waals surface area contributed by atoms with Gasteiger partial charge in [0.1, 0.15) is 11.4 Å². The van der Waals surface area contributed by atoms with Gasteiger partial charge in [0.25, 0.3) is 5.56 Å². The van der Waals surface area contributed by atoms with Gasteiger partial charge in [0, 0.05) is 26.0 Å². The first-order valence-electron chi connectivity index (χ1n) is 8.03. The number of hydrogen-bond acceptors (Lipinski definition) is 5. The highest BCUT2D eigenvalue weighted by Gasteiger charge is 2.15. The number of para-hydroxylation sites is 1. The molecular formula is C19H17FN4O2S. The third kappa shape index (κ3) is 3.80. The Morgan fingerprint density at radius 1 is 1.22 bits per heavy atom. The van der Waals surface area contributed by atoms with E-state index in [0.717, 1.165) is 10.3 Å². The first-order chi connectivity index (χ1) is 12.9. The van der Waals surface area contributed by atoms with Gasteiger partial charge in [0.15, 0.2) is 4.77 Å². The second-order valence-electron chi connectivity index (χ2n) is 5.96. The summed E-state index contributed by atoms with van der Waals surface area (Å²) in [5.41, 5.74) is 0.824. The molecule has 0 aliphatic heterocycles. The van der Waals surface area contributed by atoms with Crippen LogP contribution in [0.5, 0.6) is 5.88 Å². The predicted octanol–water partition coefficient (Wildman–Crippen LogP) is 3.56. The summed E-state index contributed by atoms with van der Waals surface area (Å²) >= 11 is 5.08. The highest BCUT2D eigenvalue weighted by molar-refractivity contribution is 7.71. The van der Waals surface area contributed by atoms with Crippen molar-refractivity contribution in [1.29, 1.82) is 0 Å². The lowest BCUT2D eigenvalue weighted by atomic mass is 10.2. The molecule has 0 aliphatic rings. The molecule has 0 spiro atoms. The number of nitrogens with zero attached hydrogens (tertiary/aromatic N) is 3. The fraction of sp³-hybridized carbons (Fsp3) is 0.105. The molecular weight excluding hydrogens is 367 g/mol. The number of aliphatic imine (C=N–C) groups is 1. The summed E-state index contributed by atoms with van der Waals surface area (Å²) in [4.78, 5) is 20.8. The van der Waals surface area contributed by atoms with Crippen LogP contribution >= 0.6 is 12.2 Å². The summed E-state index contributed by atoms with van der Waals surface area (Å²) in [6.45, 7) is 0. The van der Waals surface area contributed by atoms with Crippen LogP contribution < -0.4 is 10.5 Å². The van der Waals surface area contributed by atoms with E-state index in [1.165, 1.54) is 24.4 Å². The van der Waals surface area contributed by atoms with Crippen LogP contribution in [0.3, 0.4) is 0 Å². The van der Waals surface area contributed by atoms with Crippen molar-refractivity contribution in [3.63, 3.8) is 0 Å². The lowest BCUT2D eigenvalue weighted by Gasteiger charge is -2.12. The van der Waals surface area contributed by atoms with Gasteiger partial charge >= 0.3 is 0 Å². The molecule has 8 heteroatoms. The van der Waals surface area contributed by atoms with E-state index in [1.54, 1.807) is 12.1 Å². The average molecular weight is 384 g/mol. The molecule has 0 radical (unpaired) electrons. The Morgan fingerprint density at radius 2 is 1.96 bits per heavy atom. The smallest absolute Gasteiger partial charge is 0.264 e. The number of aromatic nitrogens is 2. The lowest BCUT2D eigenvalue weighted by Crippen LogP contribution is -2.18. The molecule has 0 unspecified atom stereocenters. The number of anilines is 1. The van der Waals surface area contributed by atoms with Crippen molar-refractivity contribution in [1.82, 2.24) is 9.55 Å². The molecule has 2 N–H and O–H groups in total. The molecule has 2 aromatic carbocycles.